The van der Waals surface area contributed by atoms with E-state index in [4.69, 9.17) is 4.74 Å². The average molecular weight is 346 g/mol. The molecule has 0 spiro atoms. The zero-order valence-corrected chi connectivity index (χ0v) is 14.3. The maximum absolute atomic E-state index is 11.9. The Bertz CT molecular complexity index is 625. The van der Waals surface area contributed by atoms with E-state index in [1.54, 1.807) is 17.5 Å². The molecule has 0 unspecified atom stereocenters. The first-order chi connectivity index (χ1) is 11.8. The number of benzene rings is 1. The highest BCUT2D eigenvalue weighted by molar-refractivity contribution is 7.13. The topological polar surface area (TPSA) is 66.5 Å². The van der Waals surface area contributed by atoms with Crippen LogP contribution in [-0.4, -0.2) is 55.3 Å². The van der Waals surface area contributed by atoms with Crippen molar-refractivity contribution < 1.29 is 9.53 Å². The van der Waals surface area contributed by atoms with E-state index < -0.39 is 0 Å². The van der Waals surface area contributed by atoms with E-state index in [1.807, 2.05) is 29.6 Å². The Morgan fingerprint density at radius 2 is 2.04 bits per heavy atom. The van der Waals surface area contributed by atoms with Crippen molar-refractivity contribution in [3.63, 3.8) is 0 Å². The summed E-state index contributed by atoms with van der Waals surface area (Å²) in [5.74, 6) is 0. The van der Waals surface area contributed by atoms with Gasteiger partial charge in [-0.05, 0) is 37.2 Å². The fourth-order valence-corrected chi connectivity index (χ4v) is 3.21. The molecule has 6 nitrogen and oxygen atoms in total. The molecule has 2 aromatic rings. The number of carbonyl (C=O) groups excluding carboxylic acids is 1. The molecular formula is C17H22N4O2S. The molecule has 2 amide bonds. The third kappa shape index (κ3) is 5.02. The van der Waals surface area contributed by atoms with Crippen LogP contribution in [0.3, 0.4) is 0 Å². The predicted octanol–water partition coefficient (Wildman–Crippen LogP) is 2.65. The van der Waals surface area contributed by atoms with Gasteiger partial charge in [-0.2, -0.15) is 0 Å². The number of ether oxygens (including phenoxy) is 1. The number of thiazole rings is 1. The van der Waals surface area contributed by atoms with E-state index in [0.29, 0.717) is 6.54 Å². The van der Waals surface area contributed by atoms with Crippen molar-refractivity contribution >= 4 is 23.1 Å². The van der Waals surface area contributed by atoms with Crippen molar-refractivity contribution in [2.75, 3.05) is 44.7 Å². The summed E-state index contributed by atoms with van der Waals surface area (Å²) in [5, 5.41) is 8.68. The molecule has 2 heterocycles. The van der Waals surface area contributed by atoms with Gasteiger partial charge in [-0.1, -0.05) is 0 Å². The van der Waals surface area contributed by atoms with E-state index in [1.165, 1.54) is 0 Å². The average Bonchev–Trinajstić information content (AvgIpc) is 3.15. The molecule has 0 saturated carbocycles. The molecule has 1 aromatic carbocycles. The number of nitrogens with one attached hydrogen (secondary N) is 2. The SMILES string of the molecule is O=C(NCCCN1CCOCC1)Nc1ccc(-c2nccs2)cc1. The molecule has 3 rings (SSSR count). The second-order valence-corrected chi connectivity index (χ2v) is 6.50. The molecule has 128 valence electrons. The maximum atomic E-state index is 11.9. The Morgan fingerprint density at radius 1 is 1.25 bits per heavy atom. The van der Waals surface area contributed by atoms with Gasteiger partial charge in [-0.3, -0.25) is 4.90 Å². The molecular weight excluding hydrogens is 324 g/mol. The highest BCUT2D eigenvalue weighted by Crippen LogP contribution is 2.23. The highest BCUT2D eigenvalue weighted by atomic mass is 32.1. The fourth-order valence-electron chi connectivity index (χ4n) is 2.57. The van der Waals surface area contributed by atoms with Crippen LogP contribution in [0.1, 0.15) is 6.42 Å². The first kappa shape index (κ1) is 16.9. The smallest absolute Gasteiger partial charge is 0.319 e. The Labute approximate surface area is 145 Å². The number of carbonyl (C=O) groups is 1. The van der Waals surface area contributed by atoms with Gasteiger partial charge in [0.1, 0.15) is 5.01 Å². The molecule has 1 aliphatic rings. The van der Waals surface area contributed by atoms with Crippen LogP contribution in [0.15, 0.2) is 35.8 Å². The van der Waals surface area contributed by atoms with Crippen LogP contribution in [-0.2, 0) is 4.74 Å². The predicted molar refractivity (Wildman–Crippen MR) is 96.4 cm³/mol. The van der Waals surface area contributed by atoms with Gasteiger partial charge in [0.15, 0.2) is 0 Å². The summed E-state index contributed by atoms with van der Waals surface area (Å²) in [6, 6.07) is 7.55. The Kier molecular flexibility index (Phi) is 6.17. The van der Waals surface area contributed by atoms with Crippen LogP contribution < -0.4 is 10.6 Å². The van der Waals surface area contributed by atoms with Gasteiger partial charge in [-0.25, -0.2) is 9.78 Å². The summed E-state index contributed by atoms with van der Waals surface area (Å²) in [5.41, 5.74) is 1.84. The molecule has 0 radical (unpaired) electrons. The molecule has 0 atom stereocenters. The van der Waals surface area contributed by atoms with E-state index in [-0.39, 0.29) is 6.03 Å². The van der Waals surface area contributed by atoms with Crippen molar-refractivity contribution in [1.82, 2.24) is 15.2 Å². The normalized spacial score (nSPS) is 15.2. The van der Waals surface area contributed by atoms with Crippen LogP contribution in [0.25, 0.3) is 10.6 Å². The lowest BCUT2D eigenvalue weighted by Gasteiger charge is -2.26. The Morgan fingerprint density at radius 3 is 2.75 bits per heavy atom. The number of amides is 2. The van der Waals surface area contributed by atoms with E-state index >= 15 is 0 Å². The van der Waals surface area contributed by atoms with Crippen LogP contribution in [0.2, 0.25) is 0 Å². The number of hydrogen-bond acceptors (Lipinski definition) is 5. The van der Waals surface area contributed by atoms with Gasteiger partial charge in [0, 0.05) is 42.5 Å². The summed E-state index contributed by atoms with van der Waals surface area (Å²) in [6.45, 7) is 5.25. The second-order valence-electron chi connectivity index (χ2n) is 5.60. The van der Waals surface area contributed by atoms with Crippen molar-refractivity contribution in [3.8, 4) is 10.6 Å². The monoisotopic (exact) mass is 346 g/mol. The summed E-state index contributed by atoms with van der Waals surface area (Å²) < 4.78 is 5.32. The van der Waals surface area contributed by atoms with Gasteiger partial charge in [0.2, 0.25) is 0 Å². The number of morpholine rings is 1. The lowest BCUT2D eigenvalue weighted by molar-refractivity contribution is 0.0375. The molecule has 1 fully saturated rings. The zero-order chi connectivity index (χ0) is 16.6. The minimum Gasteiger partial charge on any atom is -0.379 e. The van der Waals surface area contributed by atoms with Crippen molar-refractivity contribution in [2.24, 2.45) is 0 Å². The lowest BCUT2D eigenvalue weighted by Crippen LogP contribution is -2.38. The zero-order valence-electron chi connectivity index (χ0n) is 13.5. The molecule has 0 aliphatic carbocycles. The second kappa shape index (κ2) is 8.77. The number of hydrogen-bond donors (Lipinski definition) is 2. The van der Waals surface area contributed by atoms with Crippen LogP contribution in [0, 0.1) is 0 Å². The van der Waals surface area contributed by atoms with Gasteiger partial charge >= 0.3 is 6.03 Å². The standard InChI is InChI=1S/C17H22N4O2S/c22-17(19-6-1-8-21-9-11-23-12-10-21)20-15-4-2-14(3-5-15)16-18-7-13-24-16/h2-5,7,13H,1,6,8-12H2,(H2,19,20,22). The first-order valence-corrected chi connectivity index (χ1v) is 9.04. The molecule has 1 aliphatic heterocycles. The molecule has 2 N–H and O–H groups in total. The summed E-state index contributed by atoms with van der Waals surface area (Å²) >= 11 is 1.60. The molecule has 1 saturated heterocycles. The van der Waals surface area contributed by atoms with E-state index in [0.717, 1.165) is 55.5 Å². The Balaban J connectivity index is 1.37. The van der Waals surface area contributed by atoms with Crippen molar-refractivity contribution in [3.05, 3.63) is 35.8 Å². The van der Waals surface area contributed by atoms with Crippen molar-refractivity contribution in [1.29, 1.82) is 0 Å². The highest BCUT2D eigenvalue weighted by Gasteiger charge is 2.09. The summed E-state index contributed by atoms with van der Waals surface area (Å²) in [4.78, 5) is 18.5. The van der Waals surface area contributed by atoms with Gasteiger partial charge in [-0.15, -0.1) is 11.3 Å². The van der Waals surface area contributed by atoms with Gasteiger partial charge in [0.05, 0.1) is 13.2 Å². The summed E-state index contributed by atoms with van der Waals surface area (Å²) in [6.07, 6.45) is 2.73. The maximum Gasteiger partial charge on any atom is 0.319 e. The van der Waals surface area contributed by atoms with Crippen molar-refractivity contribution in [2.45, 2.75) is 6.42 Å². The summed E-state index contributed by atoms with van der Waals surface area (Å²) in [7, 11) is 0. The van der Waals surface area contributed by atoms with Gasteiger partial charge < -0.3 is 15.4 Å². The number of anilines is 1. The third-order valence-electron chi connectivity index (χ3n) is 3.86. The molecule has 0 bridgehead atoms. The van der Waals surface area contributed by atoms with E-state index in [9.17, 15) is 4.79 Å². The lowest BCUT2D eigenvalue weighted by atomic mass is 10.2. The number of rotatable bonds is 6. The first-order valence-electron chi connectivity index (χ1n) is 8.16. The largest absolute Gasteiger partial charge is 0.379 e. The molecule has 1 aromatic heterocycles. The third-order valence-corrected chi connectivity index (χ3v) is 4.68. The van der Waals surface area contributed by atoms with Crippen LogP contribution >= 0.6 is 11.3 Å². The minimum absolute atomic E-state index is 0.168. The van der Waals surface area contributed by atoms with Crippen LogP contribution in [0.4, 0.5) is 10.5 Å². The minimum atomic E-state index is -0.168. The number of urea groups is 1. The Hall–Kier alpha value is -1.96. The molecule has 24 heavy (non-hydrogen) atoms. The van der Waals surface area contributed by atoms with Gasteiger partial charge in [0.25, 0.3) is 0 Å². The fraction of sp³-hybridized carbons (Fsp3) is 0.412. The van der Waals surface area contributed by atoms with E-state index in [2.05, 4.69) is 20.5 Å². The molecule has 7 heteroatoms. The number of aromatic nitrogens is 1. The van der Waals surface area contributed by atoms with Crippen LogP contribution in [0.5, 0.6) is 0 Å². The number of nitrogens with zero attached hydrogens (tertiary/aromatic N) is 2. The quantitative estimate of drug-likeness (QED) is 0.789.